The van der Waals surface area contributed by atoms with Crippen molar-refractivity contribution in [2.24, 2.45) is 22.6 Å². The Morgan fingerprint density at radius 3 is 2.81 bits per heavy atom. The second-order valence-corrected chi connectivity index (χ2v) is 8.09. The van der Waals surface area contributed by atoms with Crippen LogP contribution in [0.3, 0.4) is 0 Å². The molecule has 2 fully saturated rings. The van der Waals surface area contributed by atoms with E-state index < -0.39 is 6.03 Å². The molecule has 1 aliphatic carbocycles. The van der Waals surface area contributed by atoms with Crippen molar-refractivity contribution in [3.05, 3.63) is 24.0 Å². The predicted octanol–water partition coefficient (Wildman–Crippen LogP) is 3.96. The first-order chi connectivity index (χ1) is 13.1. The van der Waals surface area contributed by atoms with Gasteiger partial charge < -0.3 is 16.0 Å². The van der Waals surface area contributed by atoms with Crippen molar-refractivity contribution in [1.82, 2.24) is 9.88 Å². The van der Waals surface area contributed by atoms with Gasteiger partial charge in [0.1, 0.15) is 5.84 Å². The maximum Gasteiger partial charge on any atom is 0.347 e. The number of likely N-dealkylation sites (tertiary alicyclic amines) is 1. The van der Waals surface area contributed by atoms with Gasteiger partial charge in [0.15, 0.2) is 0 Å². The van der Waals surface area contributed by atoms with E-state index in [0.717, 1.165) is 44.1 Å². The minimum atomic E-state index is -0.419. The first-order valence-electron chi connectivity index (χ1n) is 10.4. The maximum atomic E-state index is 12.1. The highest BCUT2D eigenvalue weighted by atomic mass is 16.2. The summed E-state index contributed by atoms with van der Waals surface area (Å²) < 4.78 is 0. The van der Waals surface area contributed by atoms with Gasteiger partial charge in [0.2, 0.25) is 0 Å². The highest BCUT2D eigenvalue weighted by molar-refractivity contribution is 6.00. The molecule has 27 heavy (non-hydrogen) atoms. The van der Waals surface area contributed by atoms with Gasteiger partial charge >= 0.3 is 6.03 Å². The summed E-state index contributed by atoms with van der Waals surface area (Å²) in [6, 6.07) is 3.26. The third-order valence-electron chi connectivity index (χ3n) is 5.90. The first-order valence-corrected chi connectivity index (χ1v) is 10.4. The Kier molecular flexibility index (Phi) is 7.21. The van der Waals surface area contributed by atoms with Gasteiger partial charge in [-0.15, -0.1) is 0 Å². The number of carbonyl (C=O) groups is 1. The molecule has 3 N–H and O–H groups in total. The van der Waals surface area contributed by atoms with Gasteiger partial charge in [-0.1, -0.05) is 32.1 Å². The quantitative estimate of drug-likeness (QED) is 0.606. The average molecular weight is 372 g/mol. The zero-order valence-corrected chi connectivity index (χ0v) is 16.5. The molecule has 0 bridgehead atoms. The highest BCUT2D eigenvalue weighted by Gasteiger charge is 2.24. The molecule has 2 aliphatic rings. The number of aromatic nitrogens is 1. The SMILES string of the molecule is Cc1ccc(NC(=O)/N=C(\N)C2CCCN(CCC3CCCCC3)C2)cn1. The molecular formula is C21H33N5O. The lowest BCUT2D eigenvalue weighted by molar-refractivity contribution is 0.182. The fourth-order valence-electron chi connectivity index (χ4n) is 4.24. The molecule has 0 radical (unpaired) electrons. The van der Waals surface area contributed by atoms with Gasteiger partial charge in [-0.2, -0.15) is 4.99 Å². The molecule has 3 rings (SSSR count). The number of nitrogens with one attached hydrogen (secondary N) is 1. The van der Waals surface area contributed by atoms with Crippen LogP contribution in [0.1, 0.15) is 57.1 Å². The molecule has 1 aromatic heterocycles. The van der Waals surface area contributed by atoms with E-state index in [1.165, 1.54) is 38.5 Å². The number of hydrogen-bond donors (Lipinski definition) is 2. The Bertz CT molecular complexity index is 636. The highest BCUT2D eigenvalue weighted by Crippen LogP contribution is 2.27. The minimum Gasteiger partial charge on any atom is -0.387 e. The van der Waals surface area contributed by atoms with Crippen LogP contribution in [0.5, 0.6) is 0 Å². The standard InChI is InChI=1S/C21H33N5O/c1-16-9-10-19(14-23-16)24-21(27)25-20(22)18-8-5-12-26(15-18)13-11-17-6-3-2-4-7-17/h9-10,14,17-18H,2-8,11-13,15H2,1H3,(H3,22,24,25,27). The number of anilines is 1. The summed E-state index contributed by atoms with van der Waals surface area (Å²) in [5.74, 6) is 1.53. The molecule has 1 saturated heterocycles. The number of amidine groups is 1. The number of hydrogen-bond acceptors (Lipinski definition) is 3. The van der Waals surface area contributed by atoms with E-state index in [1.807, 2.05) is 19.1 Å². The fourth-order valence-corrected chi connectivity index (χ4v) is 4.24. The fraction of sp³-hybridized carbons (Fsp3) is 0.667. The second kappa shape index (κ2) is 9.83. The molecule has 2 heterocycles. The van der Waals surface area contributed by atoms with Crippen LogP contribution in [0.25, 0.3) is 0 Å². The maximum absolute atomic E-state index is 12.1. The number of nitrogens with two attached hydrogens (primary N) is 1. The van der Waals surface area contributed by atoms with Crippen LogP contribution in [-0.2, 0) is 0 Å². The normalized spacial score (nSPS) is 22.6. The Morgan fingerprint density at radius 1 is 1.26 bits per heavy atom. The summed E-state index contributed by atoms with van der Waals surface area (Å²) in [5.41, 5.74) is 7.72. The Hall–Kier alpha value is -1.95. The molecule has 6 heteroatoms. The van der Waals surface area contributed by atoms with Crippen LogP contribution < -0.4 is 11.1 Å². The predicted molar refractivity (Wildman–Crippen MR) is 110 cm³/mol. The number of rotatable bonds is 5. The van der Waals surface area contributed by atoms with E-state index in [-0.39, 0.29) is 5.92 Å². The van der Waals surface area contributed by atoms with Gasteiger partial charge in [-0.25, -0.2) is 4.79 Å². The Morgan fingerprint density at radius 2 is 2.07 bits per heavy atom. The number of aryl methyl sites for hydroxylation is 1. The lowest BCUT2D eigenvalue weighted by Gasteiger charge is -2.33. The smallest absolute Gasteiger partial charge is 0.347 e. The van der Waals surface area contributed by atoms with Crippen molar-refractivity contribution in [3.63, 3.8) is 0 Å². The van der Waals surface area contributed by atoms with E-state index in [0.29, 0.717) is 11.5 Å². The van der Waals surface area contributed by atoms with Crippen molar-refractivity contribution in [2.75, 3.05) is 25.0 Å². The number of aliphatic imine (C=N–C) groups is 1. The first kappa shape index (κ1) is 19.8. The van der Waals surface area contributed by atoms with Crippen molar-refractivity contribution in [3.8, 4) is 0 Å². The third-order valence-corrected chi connectivity index (χ3v) is 5.90. The van der Waals surface area contributed by atoms with Crippen molar-refractivity contribution in [1.29, 1.82) is 0 Å². The lowest BCUT2D eigenvalue weighted by atomic mass is 9.86. The number of amides is 2. The molecule has 1 unspecified atom stereocenters. The average Bonchev–Trinajstić information content (AvgIpc) is 2.69. The Balaban J connectivity index is 1.47. The number of urea groups is 1. The molecule has 148 valence electrons. The topological polar surface area (TPSA) is 83.6 Å². The summed E-state index contributed by atoms with van der Waals surface area (Å²) in [7, 11) is 0. The van der Waals surface area contributed by atoms with Crippen LogP contribution in [0, 0.1) is 18.8 Å². The second-order valence-electron chi connectivity index (χ2n) is 8.09. The van der Waals surface area contributed by atoms with Gasteiger partial charge in [0, 0.05) is 18.2 Å². The summed E-state index contributed by atoms with van der Waals surface area (Å²) in [5, 5.41) is 2.74. The number of carbonyl (C=O) groups excluding carboxylic acids is 1. The monoisotopic (exact) mass is 371 g/mol. The van der Waals surface area contributed by atoms with Crippen LogP contribution in [0.4, 0.5) is 10.5 Å². The summed E-state index contributed by atoms with van der Waals surface area (Å²) >= 11 is 0. The van der Waals surface area contributed by atoms with Crippen LogP contribution in [-0.4, -0.2) is 41.4 Å². The van der Waals surface area contributed by atoms with Crippen molar-refractivity contribution < 1.29 is 4.79 Å². The van der Waals surface area contributed by atoms with E-state index in [2.05, 4.69) is 20.2 Å². The molecule has 1 saturated carbocycles. The van der Waals surface area contributed by atoms with Crippen molar-refractivity contribution in [2.45, 2.75) is 58.3 Å². The van der Waals surface area contributed by atoms with Crippen LogP contribution in [0.2, 0.25) is 0 Å². The zero-order chi connectivity index (χ0) is 19.1. The van der Waals surface area contributed by atoms with E-state index >= 15 is 0 Å². The zero-order valence-electron chi connectivity index (χ0n) is 16.5. The van der Waals surface area contributed by atoms with Crippen LogP contribution >= 0.6 is 0 Å². The summed E-state index contributed by atoms with van der Waals surface area (Å²) in [6.45, 7) is 5.11. The minimum absolute atomic E-state index is 0.173. The number of piperidine rings is 1. The van der Waals surface area contributed by atoms with Crippen molar-refractivity contribution >= 4 is 17.6 Å². The third kappa shape index (κ3) is 6.31. The van der Waals surface area contributed by atoms with E-state index in [1.54, 1.807) is 6.20 Å². The molecule has 6 nitrogen and oxygen atoms in total. The van der Waals surface area contributed by atoms with Gasteiger partial charge in [0.05, 0.1) is 11.9 Å². The lowest BCUT2D eigenvalue weighted by Crippen LogP contribution is -2.42. The van der Waals surface area contributed by atoms with Crippen LogP contribution in [0.15, 0.2) is 23.3 Å². The Labute approximate surface area is 162 Å². The molecule has 1 aliphatic heterocycles. The largest absolute Gasteiger partial charge is 0.387 e. The summed E-state index contributed by atoms with van der Waals surface area (Å²) in [6.07, 6.45) is 12.1. The van der Waals surface area contributed by atoms with E-state index in [9.17, 15) is 4.79 Å². The van der Waals surface area contributed by atoms with Gasteiger partial charge in [-0.3, -0.25) is 4.98 Å². The summed E-state index contributed by atoms with van der Waals surface area (Å²) in [4.78, 5) is 22.9. The molecule has 1 atom stereocenters. The van der Waals surface area contributed by atoms with Gasteiger partial charge in [0.25, 0.3) is 0 Å². The molecule has 1 aromatic rings. The molecule has 0 aromatic carbocycles. The molecule has 0 spiro atoms. The van der Waals surface area contributed by atoms with E-state index in [4.69, 9.17) is 5.73 Å². The molecule has 2 amide bonds. The number of nitrogens with zero attached hydrogens (tertiary/aromatic N) is 3. The molecular weight excluding hydrogens is 338 g/mol. The van der Waals surface area contributed by atoms with Gasteiger partial charge in [-0.05, 0) is 57.3 Å². The number of pyridine rings is 1.